The minimum atomic E-state index is 0.233. The van der Waals surface area contributed by atoms with Gasteiger partial charge in [0.25, 0.3) is 0 Å². The molecular formula is C9H17NO. The lowest BCUT2D eigenvalue weighted by atomic mass is 10.1. The molecule has 0 aromatic heterocycles. The molecule has 0 bridgehead atoms. The molecule has 2 nitrogen and oxygen atoms in total. The second kappa shape index (κ2) is 4.50. The van der Waals surface area contributed by atoms with Crippen molar-refractivity contribution in [3.8, 4) is 0 Å². The number of hydrogen-bond acceptors (Lipinski definition) is 2. The van der Waals surface area contributed by atoms with Crippen LogP contribution in [0.1, 0.15) is 39.0 Å². The molecule has 1 fully saturated rings. The van der Waals surface area contributed by atoms with Crippen LogP contribution in [0.15, 0.2) is 0 Å². The maximum absolute atomic E-state index is 11.1. The molecule has 2 heteroatoms. The second-order valence-electron chi connectivity index (χ2n) is 3.24. The van der Waals surface area contributed by atoms with Crippen molar-refractivity contribution in [1.29, 1.82) is 0 Å². The first-order valence-corrected chi connectivity index (χ1v) is 4.60. The molecule has 1 heterocycles. The number of carbonyl (C=O) groups is 1. The van der Waals surface area contributed by atoms with Gasteiger partial charge in [0.05, 0.1) is 6.04 Å². The van der Waals surface area contributed by atoms with E-state index in [1.54, 1.807) is 0 Å². The third-order valence-corrected chi connectivity index (χ3v) is 2.07. The highest BCUT2D eigenvalue weighted by Crippen LogP contribution is 2.08. The molecule has 0 aliphatic carbocycles. The van der Waals surface area contributed by atoms with E-state index in [-0.39, 0.29) is 6.04 Å². The van der Waals surface area contributed by atoms with E-state index >= 15 is 0 Å². The smallest absolute Gasteiger partial charge is 0.151 e. The summed E-state index contributed by atoms with van der Waals surface area (Å²) in [6.45, 7) is 3.11. The zero-order valence-electron chi connectivity index (χ0n) is 7.23. The highest BCUT2D eigenvalue weighted by Gasteiger charge is 2.27. The van der Waals surface area contributed by atoms with Crippen molar-refractivity contribution in [3.05, 3.63) is 0 Å². The Bertz CT molecular complexity index is 130. The lowest BCUT2D eigenvalue weighted by Gasteiger charge is -1.96. The molecule has 1 N–H and O–H groups in total. The van der Waals surface area contributed by atoms with Crippen molar-refractivity contribution in [2.24, 2.45) is 0 Å². The van der Waals surface area contributed by atoms with Crippen LogP contribution >= 0.6 is 0 Å². The van der Waals surface area contributed by atoms with Crippen LogP contribution in [0, 0.1) is 0 Å². The predicted molar refractivity (Wildman–Crippen MR) is 45.6 cm³/mol. The molecule has 0 aromatic carbocycles. The zero-order valence-corrected chi connectivity index (χ0v) is 7.23. The minimum absolute atomic E-state index is 0.233. The molecule has 1 aliphatic rings. The van der Waals surface area contributed by atoms with Gasteiger partial charge in [-0.1, -0.05) is 26.2 Å². The summed E-state index contributed by atoms with van der Waals surface area (Å²) < 4.78 is 0. The summed E-state index contributed by atoms with van der Waals surface area (Å²) in [6.07, 6.45) is 5.61. The summed E-state index contributed by atoms with van der Waals surface area (Å²) in [5.41, 5.74) is 0. The van der Waals surface area contributed by atoms with Crippen molar-refractivity contribution in [2.45, 2.75) is 45.1 Å². The van der Waals surface area contributed by atoms with Crippen molar-refractivity contribution in [2.75, 3.05) is 6.54 Å². The summed E-state index contributed by atoms with van der Waals surface area (Å²) in [5, 5.41) is 3.03. The number of ketones is 1. The van der Waals surface area contributed by atoms with Crippen LogP contribution in [0.4, 0.5) is 0 Å². The normalized spacial score (nSPS) is 21.7. The van der Waals surface area contributed by atoms with Crippen molar-refractivity contribution in [3.63, 3.8) is 0 Å². The molecule has 64 valence electrons. The molecule has 0 aromatic rings. The molecule has 1 rings (SSSR count). The summed E-state index contributed by atoms with van der Waals surface area (Å²) in [7, 11) is 0. The molecule has 0 radical (unpaired) electrons. The van der Waals surface area contributed by atoms with Gasteiger partial charge in [0.2, 0.25) is 0 Å². The summed E-state index contributed by atoms with van der Waals surface area (Å²) >= 11 is 0. The zero-order chi connectivity index (χ0) is 8.10. The second-order valence-corrected chi connectivity index (χ2v) is 3.24. The molecular weight excluding hydrogens is 138 g/mol. The van der Waals surface area contributed by atoms with Gasteiger partial charge >= 0.3 is 0 Å². The predicted octanol–water partition coefficient (Wildman–Crippen LogP) is 1.50. The topological polar surface area (TPSA) is 39.0 Å². The first-order chi connectivity index (χ1) is 5.34. The molecule has 0 spiro atoms. The Kier molecular flexibility index (Phi) is 3.57. The van der Waals surface area contributed by atoms with Gasteiger partial charge in [0.1, 0.15) is 0 Å². The number of hydrogen-bond donors (Lipinski definition) is 1. The molecule has 11 heavy (non-hydrogen) atoms. The van der Waals surface area contributed by atoms with Gasteiger partial charge in [0, 0.05) is 13.0 Å². The van der Waals surface area contributed by atoms with E-state index in [0.29, 0.717) is 5.78 Å². The first-order valence-electron chi connectivity index (χ1n) is 4.60. The lowest BCUT2D eigenvalue weighted by molar-refractivity contribution is -0.118. The van der Waals surface area contributed by atoms with Crippen LogP contribution in [-0.2, 0) is 4.79 Å². The highest BCUT2D eigenvalue weighted by molar-refractivity contribution is 5.86. The van der Waals surface area contributed by atoms with Crippen molar-refractivity contribution in [1.82, 2.24) is 5.32 Å². The van der Waals surface area contributed by atoms with Crippen LogP contribution in [0.25, 0.3) is 0 Å². The Morgan fingerprint density at radius 1 is 1.45 bits per heavy atom. The summed E-state index contributed by atoms with van der Waals surface area (Å²) in [6, 6.07) is 0.233. The Hall–Kier alpha value is -0.370. The average molecular weight is 155 g/mol. The minimum Gasteiger partial charge on any atom is -0.304 e. The van der Waals surface area contributed by atoms with Crippen LogP contribution in [0.3, 0.4) is 0 Å². The Balaban J connectivity index is 1.89. The number of unbranched alkanes of at least 4 members (excludes halogenated alkanes) is 3. The van der Waals surface area contributed by atoms with Crippen molar-refractivity contribution >= 4 is 5.78 Å². The van der Waals surface area contributed by atoms with Gasteiger partial charge in [-0.3, -0.25) is 4.79 Å². The SMILES string of the molecule is CCCCCCC(=O)C1CN1. The average Bonchev–Trinajstić information content (AvgIpc) is 2.79. The van der Waals surface area contributed by atoms with Crippen LogP contribution < -0.4 is 5.32 Å². The third-order valence-electron chi connectivity index (χ3n) is 2.07. The standard InChI is InChI=1S/C9H17NO/c1-2-3-4-5-6-9(11)8-7-10-8/h8,10H,2-7H2,1H3. The Morgan fingerprint density at radius 2 is 2.18 bits per heavy atom. The van der Waals surface area contributed by atoms with E-state index in [2.05, 4.69) is 12.2 Å². The maximum atomic E-state index is 11.1. The third kappa shape index (κ3) is 3.51. The number of Topliss-reactive ketones (excluding diaryl/α,β-unsaturated/α-hetero) is 1. The van der Waals surface area contributed by atoms with Gasteiger partial charge in [-0.05, 0) is 6.42 Å². The first kappa shape index (κ1) is 8.72. The maximum Gasteiger partial charge on any atom is 0.151 e. The quantitative estimate of drug-likeness (QED) is 0.466. The fraction of sp³-hybridized carbons (Fsp3) is 0.889. The molecule has 1 unspecified atom stereocenters. The van der Waals surface area contributed by atoms with Gasteiger partial charge in [-0.15, -0.1) is 0 Å². The number of carbonyl (C=O) groups excluding carboxylic acids is 1. The van der Waals surface area contributed by atoms with Gasteiger partial charge in [-0.25, -0.2) is 0 Å². The van der Waals surface area contributed by atoms with Gasteiger partial charge < -0.3 is 5.32 Å². The molecule has 0 saturated carbocycles. The summed E-state index contributed by atoms with van der Waals surface area (Å²) in [4.78, 5) is 11.1. The van der Waals surface area contributed by atoms with E-state index in [0.717, 1.165) is 19.4 Å². The fourth-order valence-electron chi connectivity index (χ4n) is 1.19. The van der Waals surface area contributed by atoms with Crippen LogP contribution in [0.2, 0.25) is 0 Å². The Morgan fingerprint density at radius 3 is 2.73 bits per heavy atom. The molecule has 0 amide bonds. The Labute approximate surface area is 68.4 Å². The highest BCUT2D eigenvalue weighted by atomic mass is 16.1. The van der Waals surface area contributed by atoms with E-state index < -0.39 is 0 Å². The van der Waals surface area contributed by atoms with Gasteiger partial charge in [0.15, 0.2) is 5.78 Å². The van der Waals surface area contributed by atoms with E-state index in [9.17, 15) is 4.79 Å². The van der Waals surface area contributed by atoms with Crippen LogP contribution in [0.5, 0.6) is 0 Å². The van der Waals surface area contributed by atoms with E-state index in [4.69, 9.17) is 0 Å². The van der Waals surface area contributed by atoms with Crippen LogP contribution in [-0.4, -0.2) is 18.4 Å². The molecule has 1 saturated heterocycles. The fourth-order valence-corrected chi connectivity index (χ4v) is 1.19. The van der Waals surface area contributed by atoms with E-state index in [1.165, 1.54) is 19.3 Å². The largest absolute Gasteiger partial charge is 0.304 e. The summed E-state index contributed by atoms with van der Waals surface area (Å²) in [5.74, 6) is 0.418. The van der Waals surface area contributed by atoms with Crippen molar-refractivity contribution < 1.29 is 4.79 Å². The monoisotopic (exact) mass is 155 g/mol. The van der Waals surface area contributed by atoms with Gasteiger partial charge in [-0.2, -0.15) is 0 Å². The van der Waals surface area contributed by atoms with E-state index in [1.807, 2.05) is 0 Å². The number of nitrogens with one attached hydrogen (secondary N) is 1. The lowest BCUT2D eigenvalue weighted by Crippen LogP contribution is -2.08. The molecule has 1 aliphatic heterocycles. The number of rotatable bonds is 6. The molecule has 1 atom stereocenters.